The first-order chi connectivity index (χ1) is 5.41. The van der Waals surface area contributed by atoms with E-state index in [1.54, 1.807) is 0 Å². The number of hydrogen-bond acceptors (Lipinski definition) is 2. The van der Waals surface area contributed by atoms with Gasteiger partial charge < -0.3 is 6.92 Å². The normalized spacial score (nSPS) is 9.54. The molecule has 0 bridgehead atoms. The van der Waals surface area contributed by atoms with Crippen LogP contribution in [0.1, 0.15) is 39.0 Å². The Bertz CT molecular complexity index is 155. The molecule has 0 saturated heterocycles. The first kappa shape index (κ1) is 19.4. The summed E-state index contributed by atoms with van der Waals surface area (Å²) in [6.07, 6.45) is 6.52. The van der Waals surface area contributed by atoms with Crippen LogP contribution in [0.15, 0.2) is 0 Å². The third kappa shape index (κ3) is 64.1. The largest absolute Gasteiger partial charge is 1.00 e. The molecule has 76 valence electrons. The van der Waals surface area contributed by atoms with Crippen LogP contribution in [0, 0.1) is 6.92 Å². The molecule has 0 heterocycles. The zero-order chi connectivity index (χ0) is 10.0. The molecule has 0 aromatic heterocycles. The molecule has 0 aliphatic rings. The first-order valence-electron chi connectivity index (χ1n) is 3.91. The van der Waals surface area contributed by atoms with Crippen LogP contribution in [0.2, 0.25) is 0 Å². The van der Waals surface area contributed by atoms with Crippen molar-refractivity contribution in [3.05, 3.63) is 6.92 Å². The topological polar surface area (TPSA) is 74.6 Å². The quantitative estimate of drug-likeness (QED) is 0.280. The van der Waals surface area contributed by atoms with E-state index in [-0.39, 0.29) is 29.6 Å². The fourth-order valence-electron chi connectivity index (χ4n) is 0.604. The minimum absolute atomic E-state index is 0. The van der Waals surface area contributed by atoms with Gasteiger partial charge in [-0.2, -0.15) is 14.8 Å². The fraction of sp³-hybridized carbons (Fsp3) is 0.857. The molecule has 0 atom stereocenters. The summed E-state index contributed by atoms with van der Waals surface area (Å²) in [6, 6.07) is 0. The predicted octanol–water partition coefficient (Wildman–Crippen LogP) is -0.858. The third-order valence-electron chi connectivity index (χ3n) is 1.10. The zero-order valence-electron chi connectivity index (χ0n) is 8.36. The monoisotopic (exact) mass is 220 g/mol. The van der Waals surface area contributed by atoms with Gasteiger partial charge in [0.25, 0.3) is 0 Å². The van der Waals surface area contributed by atoms with Crippen molar-refractivity contribution in [1.82, 2.24) is 0 Å². The summed E-state index contributed by atoms with van der Waals surface area (Å²) in [7, 11) is -4.67. The van der Waals surface area contributed by atoms with Gasteiger partial charge in [0.05, 0.1) is 0 Å². The van der Waals surface area contributed by atoms with Crippen molar-refractivity contribution in [3.8, 4) is 0 Å². The summed E-state index contributed by atoms with van der Waals surface area (Å²) < 4.78 is 31.6. The molecule has 0 aliphatic heterocycles. The van der Waals surface area contributed by atoms with E-state index in [1.165, 1.54) is 25.7 Å². The minimum Gasteiger partial charge on any atom is -0.343 e. The van der Waals surface area contributed by atoms with Gasteiger partial charge in [-0.1, -0.05) is 32.6 Å². The Morgan fingerprint density at radius 3 is 1.77 bits per heavy atom. The Kier molecular flexibility index (Phi) is 19.2. The van der Waals surface area contributed by atoms with Gasteiger partial charge >= 0.3 is 40.0 Å². The van der Waals surface area contributed by atoms with Crippen molar-refractivity contribution in [2.45, 2.75) is 39.0 Å². The molecule has 0 rings (SSSR count). The Morgan fingerprint density at radius 2 is 1.54 bits per heavy atom. The summed E-state index contributed by atoms with van der Waals surface area (Å²) in [6.45, 7) is 5.98. The van der Waals surface area contributed by atoms with E-state index >= 15 is 0 Å². The van der Waals surface area contributed by atoms with Gasteiger partial charge in [0.2, 0.25) is 0 Å². The summed E-state index contributed by atoms with van der Waals surface area (Å²) in [5.74, 6) is 0. The Labute approximate surface area is 103 Å². The Morgan fingerprint density at radius 1 is 1.15 bits per heavy atom. The summed E-state index contributed by atoms with van der Waals surface area (Å²) >= 11 is 0. The van der Waals surface area contributed by atoms with Crippen LogP contribution in [0.25, 0.3) is 0 Å². The van der Waals surface area contributed by atoms with E-state index in [0.717, 1.165) is 6.42 Å². The minimum atomic E-state index is -4.67. The SMILES string of the molecule is O=S(=O)(O)O.[CH2-]CCCCCC.[Na+]. The molecular formula is C7H17NaO4S. The molecular weight excluding hydrogens is 203 g/mol. The third-order valence-corrected chi connectivity index (χ3v) is 1.10. The van der Waals surface area contributed by atoms with E-state index < -0.39 is 10.4 Å². The smallest absolute Gasteiger partial charge is 0.343 e. The van der Waals surface area contributed by atoms with Gasteiger partial charge in [-0.05, 0) is 0 Å². The molecule has 13 heavy (non-hydrogen) atoms. The maximum atomic E-state index is 8.74. The summed E-state index contributed by atoms with van der Waals surface area (Å²) in [5.41, 5.74) is 0. The van der Waals surface area contributed by atoms with E-state index in [2.05, 4.69) is 13.8 Å². The molecule has 0 radical (unpaired) electrons. The average Bonchev–Trinajstić information content (AvgIpc) is 1.85. The van der Waals surface area contributed by atoms with E-state index in [0.29, 0.717) is 0 Å². The second-order valence-electron chi connectivity index (χ2n) is 2.36. The van der Waals surface area contributed by atoms with Crippen molar-refractivity contribution in [1.29, 1.82) is 0 Å². The van der Waals surface area contributed by atoms with Gasteiger partial charge in [-0.25, -0.2) is 0 Å². The van der Waals surface area contributed by atoms with E-state index in [4.69, 9.17) is 17.5 Å². The van der Waals surface area contributed by atoms with Gasteiger partial charge in [-0.3, -0.25) is 9.11 Å². The number of rotatable bonds is 4. The molecule has 0 unspecified atom stereocenters. The van der Waals surface area contributed by atoms with E-state index in [9.17, 15) is 0 Å². The summed E-state index contributed by atoms with van der Waals surface area (Å²) in [5, 5.41) is 0. The van der Waals surface area contributed by atoms with Crippen molar-refractivity contribution < 1.29 is 47.1 Å². The molecule has 4 nitrogen and oxygen atoms in total. The molecule has 0 aliphatic carbocycles. The average molecular weight is 220 g/mol. The maximum absolute atomic E-state index is 8.74. The van der Waals surface area contributed by atoms with Crippen molar-refractivity contribution in [2.75, 3.05) is 0 Å². The molecule has 0 saturated carbocycles. The van der Waals surface area contributed by atoms with Crippen LogP contribution >= 0.6 is 0 Å². The Hall–Kier alpha value is 0.870. The maximum Gasteiger partial charge on any atom is 1.00 e. The van der Waals surface area contributed by atoms with Crippen LogP contribution in [0.5, 0.6) is 0 Å². The van der Waals surface area contributed by atoms with Crippen LogP contribution in [0.4, 0.5) is 0 Å². The molecule has 0 spiro atoms. The van der Waals surface area contributed by atoms with Crippen molar-refractivity contribution in [2.24, 2.45) is 0 Å². The second kappa shape index (κ2) is 12.9. The number of unbranched alkanes of at least 4 members (excludes halogenated alkanes) is 4. The first-order valence-corrected chi connectivity index (χ1v) is 5.30. The van der Waals surface area contributed by atoms with Crippen LogP contribution < -0.4 is 29.6 Å². The van der Waals surface area contributed by atoms with Crippen LogP contribution in [0.3, 0.4) is 0 Å². The zero-order valence-corrected chi connectivity index (χ0v) is 11.2. The molecule has 0 fully saturated rings. The van der Waals surface area contributed by atoms with Crippen LogP contribution in [-0.4, -0.2) is 17.5 Å². The molecule has 2 N–H and O–H groups in total. The van der Waals surface area contributed by atoms with Crippen LogP contribution in [-0.2, 0) is 10.4 Å². The standard InChI is InChI=1S/C7H15.Na.H2O4S/c1-3-5-7-6-4-2;;1-5(2,3)4/h1,3-7H2,2H3;;(H2,1,2,3,4)/q-1;+1;. The second-order valence-corrected chi connectivity index (χ2v) is 3.26. The molecule has 6 heteroatoms. The molecule has 0 amide bonds. The number of hydrogen-bond donors (Lipinski definition) is 2. The Balaban J connectivity index is -0.000000150. The van der Waals surface area contributed by atoms with Gasteiger partial charge in [0.1, 0.15) is 0 Å². The fourth-order valence-corrected chi connectivity index (χ4v) is 0.604. The van der Waals surface area contributed by atoms with Crippen molar-refractivity contribution >= 4 is 10.4 Å². The predicted molar refractivity (Wildman–Crippen MR) is 48.3 cm³/mol. The van der Waals surface area contributed by atoms with Gasteiger partial charge in [-0.15, -0.1) is 0 Å². The van der Waals surface area contributed by atoms with Crippen molar-refractivity contribution in [3.63, 3.8) is 0 Å². The van der Waals surface area contributed by atoms with Gasteiger partial charge in [0, 0.05) is 0 Å². The molecule has 0 aromatic carbocycles. The van der Waals surface area contributed by atoms with E-state index in [1.807, 2.05) is 0 Å². The van der Waals surface area contributed by atoms with Gasteiger partial charge in [0.15, 0.2) is 0 Å². The molecule has 0 aromatic rings. The summed E-state index contributed by atoms with van der Waals surface area (Å²) in [4.78, 5) is 0.